The highest BCUT2D eigenvalue weighted by atomic mass is 16.5. The van der Waals surface area contributed by atoms with Crippen molar-refractivity contribution < 1.29 is 19.0 Å². The van der Waals surface area contributed by atoms with Gasteiger partial charge in [0.1, 0.15) is 19.0 Å². The molecular weight excluding hydrogens is 416 g/mol. The molecular formula is C27H24N2O4. The normalized spacial score (nSPS) is 10.3. The van der Waals surface area contributed by atoms with E-state index in [1.54, 1.807) is 43.6 Å². The molecule has 1 N–H and O–H groups in total. The zero-order valence-electron chi connectivity index (χ0n) is 18.2. The van der Waals surface area contributed by atoms with Crippen molar-refractivity contribution >= 4 is 11.6 Å². The lowest BCUT2D eigenvalue weighted by molar-refractivity contribution is 0.102. The molecule has 3 aromatic carbocycles. The standard InChI is InChI=1S/C27H24N2O4/c1-31-26-17-21(10-15-25(26)33-19-23-9-5-6-16-28-23)27(30)29-22-11-13-24(14-12-22)32-18-20-7-3-2-4-8-20/h2-17H,18-19H2,1H3,(H,29,30). The lowest BCUT2D eigenvalue weighted by atomic mass is 10.1. The van der Waals surface area contributed by atoms with Crippen molar-refractivity contribution in [2.75, 3.05) is 12.4 Å². The van der Waals surface area contributed by atoms with Crippen molar-refractivity contribution in [2.45, 2.75) is 13.2 Å². The van der Waals surface area contributed by atoms with E-state index in [-0.39, 0.29) is 5.91 Å². The maximum atomic E-state index is 12.7. The van der Waals surface area contributed by atoms with Gasteiger partial charge in [0, 0.05) is 17.4 Å². The van der Waals surface area contributed by atoms with Gasteiger partial charge in [0.2, 0.25) is 0 Å². The topological polar surface area (TPSA) is 69.7 Å². The summed E-state index contributed by atoms with van der Waals surface area (Å²) in [7, 11) is 1.54. The number of carbonyl (C=O) groups is 1. The summed E-state index contributed by atoms with van der Waals surface area (Å²) in [6.45, 7) is 0.794. The summed E-state index contributed by atoms with van der Waals surface area (Å²) in [6, 6.07) is 27.9. The number of nitrogens with zero attached hydrogens (tertiary/aromatic N) is 1. The Bertz CT molecular complexity index is 1180. The molecule has 33 heavy (non-hydrogen) atoms. The first kappa shape index (κ1) is 21.9. The quantitative estimate of drug-likeness (QED) is 0.372. The van der Waals surface area contributed by atoms with Crippen LogP contribution in [0.4, 0.5) is 5.69 Å². The van der Waals surface area contributed by atoms with Gasteiger partial charge in [-0.25, -0.2) is 0 Å². The number of ether oxygens (including phenoxy) is 3. The average molecular weight is 440 g/mol. The van der Waals surface area contributed by atoms with Gasteiger partial charge < -0.3 is 19.5 Å². The number of nitrogens with one attached hydrogen (secondary N) is 1. The third-order valence-electron chi connectivity index (χ3n) is 4.89. The number of benzene rings is 3. The molecule has 0 unspecified atom stereocenters. The smallest absolute Gasteiger partial charge is 0.255 e. The number of carbonyl (C=O) groups excluding carboxylic acids is 1. The Balaban J connectivity index is 1.35. The van der Waals surface area contributed by atoms with Gasteiger partial charge >= 0.3 is 0 Å². The molecule has 1 amide bonds. The van der Waals surface area contributed by atoms with Crippen LogP contribution < -0.4 is 19.5 Å². The predicted molar refractivity (Wildman–Crippen MR) is 127 cm³/mol. The first-order valence-corrected chi connectivity index (χ1v) is 10.5. The van der Waals surface area contributed by atoms with Crippen LogP contribution in [0.15, 0.2) is 97.2 Å². The van der Waals surface area contributed by atoms with E-state index in [9.17, 15) is 4.79 Å². The Morgan fingerprint density at radius 2 is 1.61 bits per heavy atom. The molecule has 0 aliphatic heterocycles. The highest BCUT2D eigenvalue weighted by Crippen LogP contribution is 2.29. The molecule has 0 spiro atoms. The predicted octanol–water partition coefficient (Wildman–Crippen LogP) is 5.50. The summed E-state index contributed by atoms with van der Waals surface area (Å²) >= 11 is 0. The minimum atomic E-state index is -0.248. The van der Waals surface area contributed by atoms with E-state index in [0.717, 1.165) is 17.0 Å². The SMILES string of the molecule is COc1cc(C(=O)Nc2ccc(OCc3ccccc3)cc2)ccc1OCc1ccccn1. The zero-order chi connectivity index (χ0) is 22.9. The lowest BCUT2D eigenvalue weighted by Gasteiger charge is -2.12. The first-order chi connectivity index (χ1) is 16.2. The van der Waals surface area contributed by atoms with E-state index < -0.39 is 0 Å². The fourth-order valence-electron chi connectivity index (χ4n) is 3.14. The maximum absolute atomic E-state index is 12.7. The van der Waals surface area contributed by atoms with Gasteiger partial charge in [-0.05, 0) is 60.2 Å². The number of hydrogen-bond acceptors (Lipinski definition) is 5. The minimum Gasteiger partial charge on any atom is -0.493 e. The third-order valence-corrected chi connectivity index (χ3v) is 4.89. The van der Waals surface area contributed by atoms with Crippen molar-refractivity contribution in [2.24, 2.45) is 0 Å². The van der Waals surface area contributed by atoms with E-state index >= 15 is 0 Å². The van der Waals surface area contributed by atoms with Crippen LogP contribution in [0.25, 0.3) is 0 Å². The van der Waals surface area contributed by atoms with Crippen LogP contribution in [0, 0.1) is 0 Å². The Labute approximate surface area is 192 Å². The number of aromatic nitrogens is 1. The molecule has 0 saturated heterocycles. The Hall–Kier alpha value is -4.32. The summed E-state index contributed by atoms with van der Waals surface area (Å²) in [5.41, 5.74) is 3.02. The molecule has 1 aromatic heterocycles. The number of methoxy groups -OCH3 is 1. The van der Waals surface area contributed by atoms with Gasteiger partial charge in [-0.15, -0.1) is 0 Å². The van der Waals surface area contributed by atoms with Crippen LogP contribution in [0.1, 0.15) is 21.6 Å². The minimum absolute atomic E-state index is 0.248. The van der Waals surface area contributed by atoms with E-state index in [0.29, 0.717) is 36.0 Å². The van der Waals surface area contributed by atoms with Gasteiger partial charge in [-0.3, -0.25) is 9.78 Å². The van der Waals surface area contributed by atoms with E-state index in [4.69, 9.17) is 14.2 Å². The number of amides is 1. The molecule has 0 aliphatic carbocycles. The molecule has 0 radical (unpaired) electrons. The summed E-state index contributed by atoms with van der Waals surface area (Å²) in [5, 5.41) is 2.89. The maximum Gasteiger partial charge on any atom is 0.255 e. The highest BCUT2D eigenvalue weighted by Gasteiger charge is 2.12. The van der Waals surface area contributed by atoms with Crippen LogP contribution in [0.5, 0.6) is 17.2 Å². The largest absolute Gasteiger partial charge is 0.493 e. The number of rotatable bonds is 9. The summed E-state index contributed by atoms with van der Waals surface area (Å²) in [6.07, 6.45) is 1.71. The summed E-state index contributed by atoms with van der Waals surface area (Å²) in [4.78, 5) is 17.0. The molecule has 0 bridgehead atoms. The van der Waals surface area contributed by atoms with Crippen molar-refractivity contribution in [3.05, 3.63) is 114 Å². The molecule has 0 atom stereocenters. The van der Waals surface area contributed by atoms with Crippen LogP contribution >= 0.6 is 0 Å². The molecule has 1 heterocycles. The van der Waals surface area contributed by atoms with Crippen molar-refractivity contribution in [1.29, 1.82) is 0 Å². The Morgan fingerprint density at radius 3 is 2.33 bits per heavy atom. The van der Waals surface area contributed by atoms with E-state index in [1.165, 1.54) is 0 Å². The van der Waals surface area contributed by atoms with Crippen molar-refractivity contribution in [3.8, 4) is 17.2 Å². The zero-order valence-corrected chi connectivity index (χ0v) is 18.2. The monoisotopic (exact) mass is 440 g/mol. The molecule has 6 heteroatoms. The van der Waals surface area contributed by atoms with Crippen molar-refractivity contribution in [1.82, 2.24) is 4.98 Å². The van der Waals surface area contributed by atoms with Crippen LogP contribution in [0.3, 0.4) is 0 Å². The average Bonchev–Trinajstić information content (AvgIpc) is 2.88. The second-order valence-electron chi connectivity index (χ2n) is 7.23. The summed E-state index contributed by atoms with van der Waals surface area (Å²) in [5.74, 6) is 1.50. The van der Waals surface area contributed by atoms with Crippen molar-refractivity contribution in [3.63, 3.8) is 0 Å². The Morgan fingerprint density at radius 1 is 0.818 bits per heavy atom. The van der Waals surface area contributed by atoms with Gasteiger partial charge in [-0.1, -0.05) is 36.4 Å². The second-order valence-corrected chi connectivity index (χ2v) is 7.23. The lowest BCUT2D eigenvalue weighted by Crippen LogP contribution is -2.12. The summed E-state index contributed by atoms with van der Waals surface area (Å²) < 4.78 is 17.0. The van der Waals surface area contributed by atoms with Gasteiger partial charge in [0.25, 0.3) is 5.91 Å². The van der Waals surface area contributed by atoms with E-state index in [2.05, 4.69) is 10.3 Å². The van der Waals surface area contributed by atoms with Crippen LogP contribution in [0.2, 0.25) is 0 Å². The first-order valence-electron chi connectivity index (χ1n) is 10.5. The molecule has 0 aliphatic rings. The second kappa shape index (κ2) is 10.8. The van der Waals surface area contributed by atoms with Gasteiger partial charge in [-0.2, -0.15) is 0 Å². The highest BCUT2D eigenvalue weighted by molar-refractivity contribution is 6.04. The number of anilines is 1. The van der Waals surface area contributed by atoms with E-state index in [1.807, 2.05) is 60.7 Å². The molecule has 6 nitrogen and oxygen atoms in total. The molecule has 0 fully saturated rings. The Kier molecular flexibility index (Phi) is 7.18. The van der Waals surface area contributed by atoms with Crippen LogP contribution in [-0.2, 0) is 13.2 Å². The van der Waals surface area contributed by atoms with Gasteiger partial charge in [0.15, 0.2) is 11.5 Å². The molecule has 0 saturated carbocycles. The number of hydrogen-bond donors (Lipinski definition) is 1. The molecule has 4 aromatic rings. The van der Waals surface area contributed by atoms with Gasteiger partial charge in [0.05, 0.1) is 12.8 Å². The molecule has 166 valence electrons. The molecule has 4 rings (SSSR count). The third kappa shape index (κ3) is 6.11. The number of pyridine rings is 1. The fraction of sp³-hybridized carbons (Fsp3) is 0.111. The fourth-order valence-corrected chi connectivity index (χ4v) is 3.14. The van der Waals surface area contributed by atoms with Crippen LogP contribution in [-0.4, -0.2) is 18.0 Å².